The van der Waals surface area contributed by atoms with Crippen molar-refractivity contribution in [2.75, 3.05) is 6.54 Å². The Kier molecular flexibility index (Phi) is 4.93. The molecule has 0 spiro atoms. The predicted molar refractivity (Wildman–Crippen MR) is 74.5 cm³/mol. The number of rotatable bonds is 7. The smallest absolute Gasteiger partial charge is 0.250 e. The number of amides is 1. The Morgan fingerprint density at radius 2 is 2.05 bits per heavy atom. The maximum atomic E-state index is 11.7. The highest BCUT2D eigenvalue weighted by molar-refractivity contribution is 5.81. The maximum absolute atomic E-state index is 11.7. The van der Waals surface area contributed by atoms with Crippen LogP contribution >= 0.6 is 0 Å². The molecule has 0 radical (unpaired) electrons. The molecule has 1 amide bonds. The van der Waals surface area contributed by atoms with E-state index in [-0.39, 0.29) is 11.9 Å². The van der Waals surface area contributed by atoms with Crippen LogP contribution in [0.1, 0.15) is 25.3 Å². The van der Waals surface area contributed by atoms with E-state index in [1.54, 1.807) is 0 Å². The largest absolute Gasteiger partial charge is 0.382 e. The topological polar surface area (TPSA) is 61.4 Å². The van der Waals surface area contributed by atoms with Crippen LogP contribution in [0.15, 0.2) is 30.3 Å². The van der Waals surface area contributed by atoms with E-state index >= 15 is 0 Å². The maximum Gasteiger partial charge on any atom is 0.250 e. The number of hydrogen-bond acceptors (Lipinski definition) is 3. The van der Waals surface area contributed by atoms with Crippen molar-refractivity contribution >= 4 is 5.91 Å². The van der Waals surface area contributed by atoms with Crippen LogP contribution < -0.4 is 10.6 Å². The summed E-state index contributed by atoms with van der Waals surface area (Å²) in [5.74, 6) is 0.351. The van der Waals surface area contributed by atoms with E-state index in [4.69, 9.17) is 0 Å². The fourth-order valence-corrected chi connectivity index (χ4v) is 1.88. The van der Waals surface area contributed by atoms with Crippen molar-refractivity contribution in [3.05, 3.63) is 35.9 Å². The minimum absolute atomic E-state index is 0.264. The summed E-state index contributed by atoms with van der Waals surface area (Å²) in [4.78, 5) is 11.7. The van der Waals surface area contributed by atoms with Crippen LogP contribution in [0.25, 0.3) is 0 Å². The molecule has 1 aliphatic rings. The van der Waals surface area contributed by atoms with Gasteiger partial charge in [-0.15, -0.1) is 0 Å². The van der Waals surface area contributed by atoms with Crippen molar-refractivity contribution < 1.29 is 9.90 Å². The zero-order valence-electron chi connectivity index (χ0n) is 11.3. The third kappa shape index (κ3) is 4.65. The lowest BCUT2D eigenvalue weighted by Crippen LogP contribution is -2.47. The lowest BCUT2D eigenvalue weighted by molar-refractivity contribution is -0.130. The molecule has 1 aromatic rings. The second kappa shape index (κ2) is 6.68. The molecule has 19 heavy (non-hydrogen) atoms. The summed E-state index contributed by atoms with van der Waals surface area (Å²) in [6, 6.07) is 9.67. The summed E-state index contributed by atoms with van der Waals surface area (Å²) in [6.07, 6.45) is 1.39. The lowest BCUT2D eigenvalue weighted by Gasteiger charge is -2.19. The number of benzene rings is 1. The van der Waals surface area contributed by atoms with Crippen LogP contribution in [0.4, 0.5) is 0 Å². The molecule has 4 heteroatoms. The Bertz CT molecular complexity index is 404. The highest BCUT2D eigenvalue weighted by atomic mass is 16.3. The van der Waals surface area contributed by atoms with Gasteiger partial charge in [-0.2, -0.15) is 0 Å². The summed E-state index contributed by atoms with van der Waals surface area (Å²) in [6.45, 7) is 3.17. The minimum Gasteiger partial charge on any atom is -0.382 e. The van der Waals surface area contributed by atoms with Gasteiger partial charge in [0.25, 0.3) is 0 Å². The molecule has 104 valence electrons. The Balaban J connectivity index is 1.71. The number of aliphatic hydroxyl groups is 1. The van der Waals surface area contributed by atoms with Gasteiger partial charge in [0.05, 0.1) is 0 Å². The molecule has 1 saturated carbocycles. The fraction of sp³-hybridized carbons (Fsp3) is 0.533. The van der Waals surface area contributed by atoms with E-state index in [0.717, 1.165) is 5.56 Å². The third-order valence-electron chi connectivity index (χ3n) is 3.48. The molecule has 1 aliphatic carbocycles. The quantitative estimate of drug-likeness (QED) is 0.688. The van der Waals surface area contributed by atoms with E-state index < -0.39 is 6.10 Å². The Morgan fingerprint density at radius 1 is 1.37 bits per heavy atom. The lowest BCUT2D eigenvalue weighted by atomic mass is 10.1. The number of hydrogen-bond donors (Lipinski definition) is 3. The van der Waals surface area contributed by atoms with Crippen molar-refractivity contribution in [3.8, 4) is 0 Å². The first-order chi connectivity index (χ1) is 9.16. The van der Waals surface area contributed by atoms with Crippen molar-refractivity contribution in [2.45, 2.75) is 38.5 Å². The molecule has 0 aromatic heterocycles. The molecule has 3 N–H and O–H groups in total. The summed E-state index contributed by atoms with van der Waals surface area (Å²) in [5.41, 5.74) is 1.14. The molecule has 2 unspecified atom stereocenters. The molecule has 1 aromatic carbocycles. The summed E-state index contributed by atoms with van der Waals surface area (Å²) in [7, 11) is 0. The second-order valence-corrected chi connectivity index (χ2v) is 5.29. The van der Waals surface area contributed by atoms with Gasteiger partial charge in [0.2, 0.25) is 5.91 Å². The molecular weight excluding hydrogens is 240 g/mol. The molecule has 0 bridgehead atoms. The Hall–Kier alpha value is -1.39. The standard InChI is InChI=1S/C15H22N2O2/c1-11(16-9-12-5-3-2-4-6-12)14(18)15(19)17-10-13-7-8-13/h2-6,11,13-14,16,18H,7-10H2,1H3,(H,17,19). The molecular formula is C15H22N2O2. The van der Waals surface area contributed by atoms with E-state index in [1.165, 1.54) is 12.8 Å². The van der Waals surface area contributed by atoms with Crippen LogP contribution in [-0.2, 0) is 11.3 Å². The van der Waals surface area contributed by atoms with Gasteiger partial charge < -0.3 is 15.7 Å². The van der Waals surface area contributed by atoms with E-state index in [0.29, 0.717) is 19.0 Å². The highest BCUT2D eigenvalue weighted by Crippen LogP contribution is 2.27. The molecule has 0 aliphatic heterocycles. The van der Waals surface area contributed by atoms with Gasteiger partial charge >= 0.3 is 0 Å². The zero-order valence-corrected chi connectivity index (χ0v) is 11.3. The number of aliphatic hydroxyl groups excluding tert-OH is 1. The van der Waals surface area contributed by atoms with Crippen molar-refractivity contribution in [2.24, 2.45) is 5.92 Å². The van der Waals surface area contributed by atoms with Gasteiger partial charge in [-0.25, -0.2) is 0 Å². The van der Waals surface area contributed by atoms with Crippen molar-refractivity contribution in [1.29, 1.82) is 0 Å². The number of nitrogens with one attached hydrogen (secondary N) is 2. The Labute approximate surface area is 114 Å². The summed E-state index contributed by atoms with van der Waals surface area (Å²) in [5, 5.41) is 15.9. The van der Waals surface area contributed by atoms with E-state index in [1.807, 2.05) is 37.3 Å². The van der Waals surface area contributed by atoms with Crippen LogP contribution in [0, 0.1) is 5.92 Å². The number of carbonyl (C=O) groups excluding carboxylic acids is 1. The molecule has 2 rings (SSSR count). The van der Waals surface area contributed by atoms with Crippen LogP contribution in [0.3, 0.4) is 0 Å². The average molecular weight is 262 g/mol. The molecule has 2 atom stereocenters. The third-order valence-corrected chi connectivity index (χ3v) is 3.48. The van der Waals surface area contributed by atoms with E-state index in [9.17, 15) is 9.90 Å². The molecule has 1 fully saturated rings. The summed E-state index contributed by atoms with van der Waals surface area (Å²) >= 11 is 0. The highest BCUT2D eigenvalue weighted by Gasteiger charge is 2.25. The Morgan fingerprint density at radius 3 is 2.68 bits per heavy atom. The monoisotopic (exact) mass is 262 g/mol. The zero-order chi connectivity index (χ0) is 13.7. The molecule has 0 saturated heterocycles. The first-order valence-corrected chi connectivity index (χ1v) is 6.90. The van der Waals surface area contributed by atoms with Gasteiger partial charge in [0, 0.05) is 19.1 Å². The van der Waals surface area contributed by atoms with Crippen LogP contribution in [0.2, 0.25) is 0 Å². The van der Waals surface area contributed by atoms with Gasteiger partial charge in [0.15, 0.2) is 0 Å². The first-order valence-electron chi connectivity index (χ1n) is 6.90. The molecule has 0 heterocycles. The summed E-state index contributed by atoms with van der Waals surface area (Å²) < 4.78 is 0. The van der Waals surface area contributed by atoms with Gasteiger partial charge in [-0.3, -0.25) is 4.79 Å². The second-order valence-electron chi connectivity index (χ2n) is 5.29. The van der Waals surface area contributed by atoms with Crippen molar-refractivity contribution in [1.82, 2.24) is 10.6 Å². The fourth-order valence-electron chi connectivity index (χ4n) is 1.88. The number of carbonyl (C=O) groups is 1. The first kappa shape index (κ1) is 14.0. The van der Waals surface area contributed by atoms with Crippen LogP contribution in [0.5, 0.6) is 0 Å². The van der Waals surface area contributed by atoms with Crippen molar-refractivity contribution in [3.63, 3.8) is 0 Å². The normalized spacial score (nSPS) is 17.8. The van der Waals surface area contributed by atoms with Gasteiger partial charge in [0.1, 0.15) is 6.10 Å². The SMILES string of the molecule is CC(NCc1ccccc1)C(O)C(=O)NCC1CC1. The minimum atomic E-state index is -0.998. The van der Waals surface area contributed by atoms with Gasteiger partial charge in [-0.05, 0) is 31.2 Å². The van der Waals surface area contributed by atoms with E-state index in [2.05, 4.69) is 10.6 Å². The molecule has 4 nitrogen and oxygen atoms in total. The average Bonchev–Trinajstić information content (AvgIpc) is 3.26. The van der Waals surface area contributed by atoms with Crippen LogP contribution in [-0.4, -0.2) is 29.7 Å². The predicted octanol–water partition coefficient (Wildman–Crippen LogP) is 1.05. The van der Waals surface area contributed by atoms with Gasteiger partial charge in [-0.1, -0.05) is 30.3 Å².